The SMILES string of the molecule is COCCOc1ccc(C(F)(F)F)cc1NC(=O)Cc1c(C)nc2nc(SC)nn2c1C. The van der Waals surface area contributed by atoms with E-state index in [4.69, 9.17) is 9.47 Å². The molecule has 2 aromatic heterocycles. The van der Waals surface area contributed by atoms with Crippen molar-refractivity contribution in [3.63, 3.8) is 0 Å². The summed E-state index contributed by atoms with van der Waals surface area (Å²) in [5.41, 5.74) is 0.911. The van der Waals surface area contributed by atoms with Crippen molar-refractivity contribution < 1.29 is 27.4 Å². The molecule has 172 valence electrons. The topological polar surface area (TPSA) is 90.6 Å². The number of benzene rings is 1. The number of methoxy groups -OCH3 is 1. The van der Waals surface area contributed by atoms with Crippen molar-refractivity contribution in [2.24, 2.45) is 0 Å². The average molecular weight is 469 g/mol. The predicted molar refractivity (Wildman–Crippen MR) is 113 cm³/mol. The summed E-state index contributed by atoms with van der Waals surface area (Å²) in [6.07, 6.45) is -2.83. The number of carbonyl (C=O) groups excluding carboxylic acids is 1. The Kier molecular flexibility index (Phi) is 7.24. The maximum Gasteiger partial charge on any atom is 0.416 e. The molecular formula is C20H22F3N5O3S. The number of amides is 1. The number of nitrogens with one attached hydrogen (secondary N) is 1. The second-order valence-electron chi connectivity index (χ2n) is 6.85. The number of aromatic nitrogens is 4. The molecule has 0 fully saturated rings. The van der Waals surface area contributed by atoms with Gasteiger partial charge in [-0.05, 0) is 38.3 Å². The Hall–Kier alpha value is -2.86. The Morgan fingerprint density at radius 1 is 1.22 bits per heavy atom. The number of rotatable bonds is 8. The molecule has 1 amide bonds. The summed E-state index contributed by atoms with van der Waals surface area (Å²) < 4.78 is 51.4. The minimum atomic E-state index is -4.56. The molecule has 0 atom stereocenters. The van der Waals surface area contributed by atoms with Gasteiger partial charge in [0.1, 0.15) is 12.4 Å². The average Bonchev–Trinajstić information content (AvgIpc) is 3.15. The normalized spacial score (nSPS) is 11.7. The summed E-state index contributed by atoms with van der Waals surface area (Å²) >= 11 is 1.37. The van der Waals surface area contributed by atoms with Gasteiger partial charge in [-0.2, -0.15) is 18.2 Å². The van der Waals surface area contributed by atoms with Crippen LogP contribution in [-0.2, 0) is 22.1 Å². The Labute approximate surface area is 186 Å². The number of nitrogens with zero attached hydrogens (tertiary/aromatic N) is 4. The first-order valence-electron chi connectivity index (χ1n) is 9.53. The second kappa shape index (κ2) is 9.74. The van der Waals surface area contributed by atoms with Crippen molar-refractivity contribution in [1.82, 2.24) is 19.6 Å². The quantitative estimate of drug-likeness (QED) is 0.398. The van der Waals surface area contributed by atoms with E-state index in [1.807, 2.05) is 6.26 Å². The van der Waals surface area contributed by atoms with Gasteiger partial charge in [-0.1, -0.05) is 11.8 Å². The molecule has 0 spiro atoms. The molecule has 3 aromatic rings. The zero-order valence-corrected chi connectivity index (χ0v) is 18.7. The number of ether oxygens (including phenoxy) is 2. The molecule has 8 nitrogen and oxygen atoms in total. The molecule has 1 N–H and O–H groups in total. The van der Waals surface area contributed by atoms with Crippen LogP contribution in [0.4, 0.5) is 18.9 Å². The minimum absolute atomic E-state index is 0.0734. The summed E-state index contributed by atoms with van der Waals surface area (Å²) in [7, 11) is 1.48. The van der Waals surface area contributed by atoms with E-state index < -0.39 is 17.6 Å². The van der Waals surface area contributed by atoms with Crippen LogP contribution in [-0.4, -0.2) is 52.1 Å². The van der Waals surface area contributed by atoms with E-state index in [2.05, 4.69) is 20.4 Å². The molecule has 12 heteroatoms. The van der Waals surface area contributed by atoms with E-state index in [1.54, 1.807) is 18.4 Å². The molecule has 0 unspecified atom stereocenters. The second-order valence-corrected chi connectivity index (χ2v) is 7.62. The lowest BCUT2D eigenvalue weighted by Gasteiger charge is -2.16. The molecule has 0 aliphatic carbocycles. The summed E-state index contributed by atoms with van der Waals surface area (Å²) in [5.74, 6) is 0.0185. The number of carbonyl (C=O) groups is 1. The molecule has 2 heterocycles. The number of alkyl halides is 3. The zero-order chi connectivity index (χ0) is 23.5. The number of anilines is 1. The first kappa shape index (κ1) is 23.8. The molecule has 0 aliphatic heterocycles. The highest BCUT2D eigenvalue weighted by Gasteiger charge is 2.31. The van der Waals surface area contributed by atoms with E-state index in [-0.39, 0.29) is 31.1 Å². The van der Waals surface area contributed by atoms with E-state index in [0.29, 0.717) is 27.9 Å². The first-order valence-corrected chi connectivity index (χ1v) is 10.8. The van der Waals surface area contributed by atoms with E-state index in [9.17, 15) is 18.0 Å². The fourth-order valence-electron chi connectivity index (χ4n) is 3.05. The number of hydrogen-bond donors (Lipinski definition) is 1. The number of thioether (sulfide) groups is 1. The van der Waals surface area contributed by atoms with Gasteiger partial charge in [0.15, 0.2) is 0 Å². The summed E-state index contributed by atoms with van der Waals surface area (Å²) in [4.78, 5) is 21.5. The van der Waals surface area contributed by atoms with E-state index in [0.717, 1.165) is 12.1 Å². The van der Waals surface area contributed by atoms with Crippen molar-refractivity contribution in [2.45, 2.75) is 31.6 Å². The van der Waals surface area contributed by atoms with Crippen LogP contribution in [0.1, 0.15) is 22.5 Å². The number of aryl methyl sites for hydroxylation is 2. The van der Waals surface area contributed by atoms with Gasteiger partial charge in [-0.15, -0.1) is 5.10 Å². The summed E-state index contributed by atoms with van der Waals surface area (Å²) in [5, 5.41) is 7.42. The smallest absolute Gasteiger partial charge is 0.416 e. The third-order valence-corrected chi connectivity index (χ3v) is 5.21. The van der Waals surface area contributed by atoms with Crippen LogP contribution in [0.3, 0.4) is 0 Å². The van der Waals surface area contributed by atoms with Crippen molar-refractivity contribution in [3.8, 4) is 5.75 Å². The first-order chi connectivity index (χ1) is 15.1. The molecule has 0 saturated carbocycles. The van der Waals surface area contributed by atoms with Crippen LogP contribution in [0.5, 0.6) is 5.75 Å². The van der Waals surface area contributed by atoms with Gasteiger partial charge in [0.05, 0.1) is 24.3 Å². The summed E-state index contributed by atoms with van der Waals surface area (Å²) in [6, 6.07) is 2.93. The lowest BCUT2D eigenvalue weighted by atomic mass is 10.1. The fourth-order valence-corrected chi connectivity index (χ4v) is 3.39. The standard InChI is InChI=1S/C20H22F3N5O3S/c1-11-14(12(2)28-18(24-11)26-19(27-28)32-4)10-17(29)25-15-9-13(20(21,22)23)5-6-16(15)31-8-7-30-3/h5-6,9H,7-8,10H2,1-4H3,(H,25,29). The predicted octanol–water partition coefficient (Wildman–Crippen LogP) is 3.69. The molecule has 0 radical (unpaired) electrons. The molecule has 0 aliphatic rings. The molecule has 0 saturated heterocycles. The third kappa shape index (κ3) is 5.30. The van der Waals surface area contributed by atoms with Gasteiger partial charge in [0.2, 0.25) is 11.1 Å². The molecule has 32 heavy (non-hydrogen) atoms. The monoisotopic (exact) mass is 469 g/mol. The lowest BCUT2D eigenvalue weighted by molar-refractivity contribution is -0.137. The molecule has 3 rings (SSSR count). The highest BCUT2D eigenvalue weighted by molar-refractivity contribution is 7.98. The minimum Gasteiger partial charge on any atom is -0.489 e. The van der Waals surface area contributed by atoms with Crippen LogP contribution in [0.2, 0.25) is 0 Å². The van der Waals surface area contributed by atoms with Crippen molar-refractivity contribution in [2.75, 3.05) is 31.9 Å². The highest BCUT2D eigenvalue weighted by Crippen LogP contribution is 2.35. The van der Waals surface area contributed by atoms with Crippen molar-refractivity contribution >= 4 is 29.1 Å². The summed E-state index contributed by atoms with van der Waals surface area (Å²) in [6.45, 7) is 3.89. The van der Waals surface area contributed by atoms with Crippen LogP contribution in [0.25, 0.3) is 5.78 Å². The van der Waals surface area contributed by atoms with Gasteiger partial charge < -0.3 is 14.8 Å². The third-order valence-electron chi connectivity index (χ3n) is 4.68. The van der Waals surface area contributed by atoms with Gasteiger partial charge in [-0.25, -0.2) is 9.50 Å². The van der Waals surface area contributed by atoms with Gasteiger partial charge in [-0.3, -0.25) is 4.79 Å². The maximum absolute atomic E-state index is 13.2. The molecule has 1 aromatic carbocycles. The van der Waals surface area contributed by atoms with Crippen LogP contribution >= 0.6 is 11.8 Å². The van der Waals surface area contributed by atoms with Crippen LogP contribution in [0, 0.1) is 13.8 Å². The van der Waals surface area contributed by atoms with Gasteiger partial charge in [0, 0.05) is 24.1 Å². The Balaban J connectivity index is 1.87. The van der Waals surface area contributed by atoms with Crippen molar-refractivity contribution in [1.29, 1.82) is 0 Å². The Morgan fingerprint density at radius 3 is 2.62 bits per heavy atom. The van der Waals surface area contributed by atoms with E-state index in [1.165, 1.54) is 24.9 Å². The van der Waals surface area contributed by atoms with Gasteiger partial charge in [0.25, 0.3) is 5.78 Å². The fraction of sp³-hybridized carbons (Fsp3) is 0.400. The van der Waals surface area contributed by atoms with Crippen LogP contribution in [0.15, 0.2) is 23.4 Å². The highest BCUT2D eigenvalue weighted by atomic mass is 32.2. The Morgan fingerprint density at radius 2 is 1.97 bits per heavy atom. The van der Waals surface area contributed by atoms with Crippen molar-refractivity contribution in [3.05, 3.63) is 40.7 Å². The van der Waals surface area contributed by atoms with Gasteiger partial charge >= 0.3 is 6.18 Å². The zero-order valence-electron chi connectivity index (χ0n) is 17.9. The maximum atomic E-state index is 13.2. The number of halogens is 3. The van der Waals surface area contributed by atoms with Crippen LogP contribution < -0.4 is 10.1 Å². The molecule has 0 bridgehead atoms. The largest absolute Gasteiger partial charge is 0.489 e. The Bertz CT molecular complexity index is 1130. The van der Waals surface area contributed by atoms with E-state index >= 15 is 0 Å². The number of hydrogen-bond acceptors (Lipinski definition) is 7. The lowest BCUT2D eigenvalue weighted by Crippen LogP contribution is -2.19. The number of fused-ring (bicyclic) bond motifs is 1. The molecular weight excluding hydrogens is 447 g/mol.